The Labute approximate surface area is 110 Å². The van der Waals surface area contributed by atoms with E-state index in [-0.39, 0.29) is 5.91 Å². The molecule has 1 N–H and O–H groups in total. The maximum atomic E-state index is 11.7. The molecule has 1 atom stereocenters. The van der Waals surface area contributed by atoms with Gasteiger partial charge >= 0.3 is 5.97 Å². The number of methoxy groups -OCH3 is 1. The summed E-state index contributed by atoms with van der Waals surface area (Å²) in [7, 11) is 1.27. The van der Waals surface area contributed by atoms with E-state index in [2.05, 4.69) is 10.1 Å². The molecule has 0 spiro atoms. The van der Waals surface area contributed by atoms with Crippen molar-refractivity contribution in [2.45, 2.75) is 13.0 Å². The fourth-order valence-electron chi connectivity index (χ4n) is 1.84. The number of fused-ring (bicyclic) bond motifs is 1. The Morgan fingerprint density at radius 1 is 1.26 bits per heavy atom. The number of benzene rings is 1. The van der Waals surface area contributed by atoms with Gasteiger partial charge in [-0.1, -0.05) is 6.07 Å². The number of hydrogen-bond acceptors (Lipinski definition) is 5. The molecule has 1 aliphatic rings. The van der Waals surface area contributed by atoms with Gasteiger partial charge in [0.2, 0.25) is 5.91 Å². The summed E-state index contributed by atoms with van der Waals surface area (Å²) in [4.78, 5) is 22.9. The Kier molecular flexibility index (Phi) is 3.89. The third kappa shape index (κ3) is 2.96. The molecule has 0 saturated carbocycles. The molecule has 2 rings (SSSR count). The van der Waals surface area contributed by atoms with Gasteiger partial charge in [-0.15, -0.1) is 0 Å². The van der Waals surface area contributed by atoms with Crippen molar-refractivity contribution >= 4 is 11.9 Å². The van der Waals surface area contributed by atoms with Gasteiger partial charge in [0.15, 0.2) is 17.5 Å². The van der Waals surface area contributed by atoms with E-state index >= 15 is 0 Å². The van der Waals surface area contributed by atoms with Crippen molar-refractivity contribution in [2.24, 2.45) is 0 Å². The highest BCUT2D eigenvalue weighted by molar-refractivity contribution is 5.84. The molecule has 0 saturated heterocycles. The van der Waals surface area contributed by atoms with Crippen LogP contribution in [-0.2, 0) is 14.3 Å². The SMILES string of the molecule is COC(=O)C(NC(C)=O)c1ccc2c(c1)OCCO2. The summed E-state index contributed by atoms with van der Waals surface area (Å²) < 4.78 is 15.5. The standard InChI is InChI=1S/C13H15NO5/c1-8(15)14-12(13(16)17-2)9-3-4-10-11(7-9)19-6-5-18-10/h3-4,7,12H,5-6H2,1-2H3,(H,14,15). The molecule has 1 heterocycles. The van der Waals surface area contributed by atoms with Crippen LogP contribution in [0, 0.1) is 0 Å². The Morgan fingerprint density at radius 2 is 1.95 bits per heavy atom. The zero-order chi connectivity index (χ0) is 13.8. The predicted octanol–water partition coefficient (Wildman–Crippen LogP) is 0.808. The molecule has 0 radical (unpaired) electrons. The number of carbonyl (C=O) groups is 2. The van der Waals surface area contributed by atoms with Crippen LogP contribution in [-0.4, -0.2) is 32.2 Å². The molecule has 6 nitrogen and oxygen atoms in total. The summed E-state index contributed by atoms with van der Waals surface area (Å²) in [5.41, 5.74) is 0.589. The molecule has 0 aromatic heterocycles. The second-order valence-electron chi connectivity index (χ2n) is 4.06. The second kappa shape index (κ2) is 5.60. The summed E-state index contributed by atoms with van der Waals surface area (Å²) in [5.74, 6) is 0.335. The number of rotatable bonds is 3. The largest absolute Gasteiger partial charge is 0.486 e. The fourth-order valence-corrected chi connectivity index (χ4v) is 1.84. The number of carbonyl (C=O) groups excluding carboxylic acids is 2. The molecule has 1 amide bonds. The van der Waals surface area contributed by atoms with Gasteiger partial charge in [-0.05, 0) is 17.7 Å². The first kappa shape index (κ1) is 13.2. The van der Waals surface area contributed by atoms with Gasteiger partial charge in [-0.25, -0.2) is 4.79 Å². The molecule has 1 aromatic rings. The molecule has 0 fully saturated rings. The third-order valence-electron chi connectivity index (χ3n) is 2.68. The topological polar surface area (TPSA) is 73.9 Å². The van der Waals surface area contributed by atoms with Crippen LogP contribution in [0.2, 0.25) is 0 Å². The minimum Gasteiger partial charge on any atom is -0.486 e. The molecule has 0 bridgehead atoms. The first-order valence-corrected chi connectivity index (χ1v) is 5.86. The zero-order valence-electron chi connectivity index (χ0n) is 10.8. The Bertz CT molecular complexity index is 500. The number of amides is 1. The zero-order valence-corrected chi connectivity index (χ0v) is 10.8. The molecule has 1 unspecified atom stereocenters. The lowest BCUT2D eigenvalue weighted by atomic mass is 10.1. The monoisotopic (exact) mass is 265 g/mol. The lowest BCUT2D eigenvalue weighted by Crippen LogP contribution is -2.33. The van der Waals surface area contributed by atoms with Crippen LogP contribution in [0.25, 0.3) is 0 Å². The Hall–Kier alpha value is -2.24. The maximum absolute atomic E-state index is 11.7. The van der Waals surface area contributed by atoms with E-state index in [1.165, 1.54) is 14.0 Å². The van der Waals surface area contributed by atoms with Crippen LogP contribution < -0.4 is 14.8 Å². The number of hydrogen-bond donors (Lipinski definition) is 1. The summed E-state index contributed by atoms with van der Waals surface area (Å²) >= 11 is 0. The van der Waals surface area contributed by atoms with E-state index in [1.54, 1.807) is 18.2 Å². The van der Waals surface area contributed by atoms with Gasteiger partial charge in [0.1, 0.15) is 13.2 Å². The lowest BCUT2D eigenvalue weighted by molar-refractivity contribution is -0.145. The summed E-state index contributed by atoms with van der Waals surface area (Å²) in [6.07, 6.45) is 0. The quantitative estimate of drug-likeness (QED) is 0.819. The maximum Gasteiger partial charge on any atom is 0.333 e. The molecular formula is C13H15NO5. The van der Waals surface area contributed by atoms with E-state index in [9.17, 15) is 9.59 Å². The van der Waals surface area contributed by atoms with Crippen molar-refractivity contribution in [3.63, 3.8) is 0 Å². The van der Waals surface area contributed by atoms with E-state index in [4.69, 9.17) is 9.47 Å². The van der Waals surface area contributed by atoms with Crippen molar-refractivity contribution in [1.29, 1.82) is 0 Å². The van der Waals surface area contributed by atoms with Crippen LogP contribution in [0.1, 0.15) is 18.5 Å². The van der Waals surface area contributed by atoms with E-state index in [0.29, 0.717) is 30.3 Å². The first-order valence-electron chi connectivity index (χ1n) is 5.86. The van der Waals surface area contributed by atoms with Crippen LogP contribution >= 0.6 is 0 Å². The number of nitrogens with one attached hydrogen (secondary N) is 1. The van der Waals surface area contributed by atoms with Crippen molar-refractivity contribution in [2.75, 3.05) is 20.3 Å². The first-order chi connectivity index (χ1) is 9.11. The van der Waals surface area contributed by atoms with E-state index < -0.39 is 12.0 Å². The van der Waals surface area contributed by atoms with Gasteiger partial charge in [0, 0.05) is 6.92 Å². The van der Waals surface area contributed by atoms with Gasteiger partial charge in [0.05, 0.1) is 7.11 Å². The Balaban J connectivity index is 2.30. The lowest BCUT2D eigenvalue weighted by Gasteiger charge is -2.21. The van der Waals surface area contributed by atoms with Crippen LogP contribution in [0.4, 0.5) is 0 Å². The van der Waals surface area contributed by atoms with Gasteiger partial charge < -0.3 is 19.5 Å². The van der Waals surface area contributed by atoms with Crippen molar-refractivity contribution < 1.29 is 23.8 Å². The highest BCUT2D eigenvalue weighted by atomic mass is 16.6. The average molecular weight is 265 g/mol. The molecule has 0 aliphatic carbocycles. The summed E-state index contributed by atoms with van der Waals surface area (Å²) in [6.45, 7) is 2.30. The van der Waals surface area contributed by atoms with E-state index in [0.717, 1.165) is 0 Å². The van der Waals surface area contributed by atoms with Crippen LogP contribution in [0.3, 0.4) is 0 Å². The number of ether oxygens (including phenoxy) is 3. The van der Waals surface area contributed by atoms with Crippen LogP contribution in [0.15, 0.2) is 18.2 Å². The predicted molar refractivity (Wildman–Crippen MR) is 66.0 cm³/mol. The van der Waals surface area contributed by atoms with Gasteiger partial charge in [-0.2, -0.15) is 0 Å². The van der Waals surface area contributed by atoms with Crippen molar-refractivity contribution in [1.82, 2.24) is 5.32 Å². The highest BCUT2D eigenvalue weighted by Crippen LogP contribution is 2.32. The molecule has 6 heteroatoms. The molecule has 1 aliphatic heterocycles. The van der Waals surface area contributed by atoms with Crippen molar-refractivity contribution in [3.8, 4) is 11.5 Å². The number of esters is 1. The third-order valence-corrected chi connectivity index (χ3v) is 2.68. The second-order valence-corrected chi connectivity index (χ2v) is 4.06. The average Bonchev–Trinajstić information content (AvgIpc) is 2.43. The minimum atomic E-state index is -0.849. The van der Waals surface area contributed by atoms with E-state index in [1.807, 2.05) is 0 Å². The van der Waals surface area contributed by atoms with Crippen molar-refractivity contribution in [3.05, 3.63) is 23.8 Å². The van der Waals surface area contributed by atoms with Crippen LogP contribution in [0.5, 0.6) is 11.5 Å². The summed E-state index contributed by atoms with van der Waals surface area (Å²) in [5, 5.41) is 2.54. The molecule has 1 aromatic carbocycles. The summed E-state index contributed by atoms with van der Waals surface area (Å²) in [6, 6.07) is 4.23. The molecular weight excluding hydrogens is 250 g/mol. The van der Waals surface area contributed by atoms with Gasteiger partial charge in [0.25, 0.3) is 0 Å². The molecule has 19 heavy (non-hydrogen) atoms. The van der Waals surface area contributed by atoms with Gasteiger partial charge in [-0.3, -0.25) is 4.79 Å². The fraction of sp³-hybridized carbons (Fsp3) is 0.385. The molecule has 102 valence electrons. The smallest absolute Gasteiger partial charge is 0.333 e. The minimum absolute atomic E-state index is 0.315. The Morgan fingerprint density at radius 3 is 2.58 bits per heavy atom. The normalized spacial score (nSPS) is 14.4. The highest BCUT2D eigenvalue weighted by Gasteiger charge is 2.24.